The molecule has 3 rings (SSSR count). The van der Waals surface area contributed by atoms with Gasteiger partial charge in [0.2, 0.25) is 10.0 Å². The molecule has 2 aromatic rings. The molecule has 2 aromatic carbocycles. The quantitative estimate of drug-likeness (QED) is 0.790. The van der Waals surface area contributed by atoms with E-state index in [0.717, 1.165) is 18.7 Å². The van der Waals surface area contributed by atoms with Crippen LogP contribution in [0.2, 0.25) is 0 Å². The standard InChI is InChI=1S/C20H24N2O3S/c1-16(23)18-6-5-7-20(14-18)26(24,25)21-15-17-8-10-19(11-9-17)22-12-3-2-4-13-22/h5-11,14,21H,2-4,12-13,15H2,1H3. The number of rotatable bonds is 6. The Hall–Kier alpha value is -2.18. The molecule has 0 amide bonds. The fourth-order valence-electron chi connectivity index (χ4n) is 3.12. The predicted octanol–water partition coefficient (Wildman–Crippen LogP) is 3.36. The molecular formula is C20H24N2O3S. The Morgan fingerprint density at radius 2 is 1.73 bits per heavy atom. The molecule has 0 unspecified atom stereocenters. The van der Waals surface area contributed by atoms with Gasteiger partial charge in [-0.05, 0) is 56.0 Å². The van der Waals surface area contributed by atoms with Crippen LogP contribution in [0.25, 0.3) is 0 Å². The number of ketones is 1. The number of nitrogens with one attached hydrogen (secondary N) is 1. The molecule has 0 atom stereocenters. The number of Topliss-reactive ketones (excluding diaryl/α,β-unsaturated/α-hetero) is 1. The molecule has 0 spiro atoms. The minimum Gasteiger partial charge on any atom is -0.372 e. The number of carbonyl (C=O) groups excluding carboxylic acids is 1. The van der Waals surface area contributed by atoms with Crippen LogP contribution in [0.4, 0.5) is 5.69 Å². The van der Waals surface area contributed by atoms with Crippen LogP contribution in [0.15, 0.2) is 53.4 Å². The third-order valence-electron chi connectivity index (χ3n) is 4.67. The van der Waals surface area contributed by atoms with Crippen LogP contribution in [0.5, 0.6) is 0 Å². The zero-order chi connectivity index (χ0) is 18.6. The SMILES string of the molecule is CC(=O)c1cccc(S(=O)(=O)NCc2ccc(N3CCCCC3)cc2)c1. The minimum absolute atomic E-state index is 0.107. The van der Waals surface area contributed by atoms with E-state index in [1.54, 1.807) is 12.1 Å². The predicted molar refractivity (Wildman–Crippen MR) is 103 cm³/mol. The molecule has 26 heavy (non-hydrogen) atoms. The molecule has 1 N–H and O–H groups in total. The molecule has 0 aliphatic carbocycles. The lowest BCUT2D eigenvalue weighted by Gasteiger charge is -2.28. The molecule has 1 aliphatic rings. The van der Waals surface area contributed by atoms with Gasteiger partial charge in [0.15, 0.2) is 5.78 Å². The van der Waals surface area contributed by atoms with Gasteiger partial charge in [0.1, 0.15) is 0 Å². The highest BCUT2D eigenvalue weighted by Crippen LogP contribution is 2.20. The number of anilines is 1. The first-order chi connectivity index (χ1) is 12.5. The number of benzene rings is 2. The average Bonchev–Trinajstić information content (AvgIpc) is 2.68. The maximum atomic E-state index is 12.5. The van der Waals surface area contributed by atoms with E-state index in [4.69, 9.17) is 0 Å². The number of piperidine rings is 1. The van der Waals surface area contributed by atoms with Crippen LogP contribution in [-0.4, -0.2) is 27.3 Å². The maximum Gasteiger partial charge on any atom is 0.240 e. The first kappa shape index (κ1) is 18.6. The minimum atomic E-state index is -3.66. The summed E-state index contributed by atoms with van der Waals surface area (Å²) in [5, 5.41) is 0. The van der Waals surface area contributed by atoms with Gasteiger partial charge in [0.25, 0.3) is 0 Å². The zero-order valence-electron chi connectivity index (χ0n) is 14.9. The molecule has 0 saturated carbocycles. The largest absolute Gasteiger partial charge is 0.372 e. The van der Waals surface area contributed by atoms with Crippen LogP contribution in [0.3, 0.4) is 0 Å². The van der Waals surface area contributed by atoms with Crippen molar-refractivity contribution in [2.45, 2.75) is 37.6 Å². The molecule has 0 radical (unpaired) electrons. The summed E-state index contributed by atoms with van der Waals surface area (Å²) in [7, 11) is -3.66. The van der Waals surface area contributed by atoms with Gasteiger partial charge in [0.05, 0.1) is 4.90 Å². The summed E-state index contributed by atoms with van der Waals surface area (Å²) >= 11 is 0. The molecule has 138 valence electrons. The summed E-state index contributed by atoms with van der Waals surface area (Å²) < 4.78 is 27.5. The Balaban J connectivity index is 1.66. The van der Waals surface area contributed by atoms with Gasteiger partial charge in [-0.15, -0.1) is 0 Å². The number of carbonyl (C=O) groups is 1. The van der Waals surface area contributed by atoms with Crippen molar-refractivity contribution in [3.05, 3.63) is 59.7 Å². The van der Waals surface area contributed by atoms with E-state index < -0.39 is 10.0 Å². The van der Waals surface area contributed by atoms with E-state index in [2.05, 4.69) is 9.62 Å². The second-order valence-electron chi connectivity index (χ2n) is 6.62. The van der Waals surface area contributed by atoms with Crippen molar-refractivity contribution in [2.75, 3.05) is 18.0 Å². The lowest BCUT2D eigenvalue weighted by Crippen LogP contribution is -2.29. The second kappa shape index (κ2) is 8.01. The second-order valence-corrected chi connectivity index (χ2v) is 8.39. The molecule has 1 heterocycles. The lowest BCUT2D eigenvalue weighted by atomic mass is 10.1. The van der Waals surface area contributed by atoms with Gasteiger partial charge in [-0.25, -0.2) is 13.1 Å². The summed E-state index contributed by atoms with van der Waals surface area (Å²) in [5.74, 6) is -0.157. The highest BCUT2D eigenvalue weighted by atomic mass is 32.2. The van der Waals surface area contributed by atoms with Crippen molar-refractivity contribution in [1.29, 1.82) is 0 Å². The van der Waals surface area contributed by atoms with Gasteiger partial charge in [-0.1, -0.05) is 24.3 Å². The lowest BCUT2D eigenvalue weighted by molar-refractivity contribution is 0.101. The summed E-state index contributed by atoms with van der Waals surface area (Å²) in [4.78, 5) is 13.9. The van der Waals surface area contributed by atoms with Gasteiger partial charge in [-0.2, -0.15) is 0 Å². The Bertz CT molecular complexity index is 870. The van der Waals surface area contributed by atoms with Gasteiger partial charge < -0.3 is 4.90 Å². The van der Waals surface area contributed by atoms with E-state index in [1.807, 2.05) is 24.3 Å². The van der Waals surface area contributed by atoms with Crippen LogP contribution in [0.1, 0.15) is 42.1 Å². The van der Waals surface area contributed by atoms with Crippen LogP contribution < -0.4 is 9.62 Å². The first-order valence-electron chi connectivity index (χ1n) is 8.90. The first-order valence-corrected chi connectivity index (χ1v) is 10.4. The Kier molecular flexibility index (Phi) is 5.74. The molecule has 1 saturated heterocycles. The highest BCUT2D eigenvalue weighted by Gasteiger charge is 2.15. The van der Waals surface area contributed by atoms with E-state index in [1.165, 1.54) is 44.0 Å². The molecule has 0 aromatic heterocycles. The van der Waals surface area contributed by atoms with Crippen LogP contribution >= 0.6 is 0 Å². The number of hydrogen-bond donors (Lipinski definition) is 1. The van der Waals surface area contributed by atoms with Crippen molar-refractivity contribution in [3.8, 4) is 0 Å². The number of hydrogen-bond acceptors (Lipinski definition) is 4. The van der Waals surface area contributed by atoms with Gasteiger partial charge in [0, 0.05) is 30.9 Å². The van der Waals surface area contributed by atoms with E-state index in [9.17, 15) is 13.2 Å². The fraction of sp³-hybridized carbons (Fsp3) is 0.350. The Morgan fingerprint density at radius 1 is 1.04 bits per heavy atom. The summed E-state index contributed by atoms with van der Waals surface area (Å²) in [6.45, 7) is 3.80. The van der Waals surface area contributed by atoms with Crippen molar-refractivity contribution < 1.29 is 13.2 Å². The third-order valence-corrected chi connectivity index (χ3v) is 6.07. The topological polar surface area (TPSA) is 66.5 Å². The van der Waals surface area contributed by atoms with E-state index in [-0.39, 0.29) is 17.2 Å². The molecule has 1 aliphatic heterocycles. The summed E-state index contributed by atoms with van der Waals surface area (Å²) in [6, 6.07) is 14.1. The van der Waals surface area contributed by atoms with Gasteiger partial charge >= 0.3 is 0 Å². The van der Waals surface area contributed by atoms with Crippen LogP contribution in [-0.2, 0) is 16.6 Å². The molecule has 5 nitrogen and oxygen atoms in total. The molecule has 0 bridgehead atoms. The molecular weight excluding hydrogens is 348 g/mol. The zero-order valence-corrected chi connectivity index (χ0v) is 15.8. The summed E-state index contributed by atoms with van der Waals surface area (Å²) in [5.41, 5.74) is 2.47. The maximum absolute atomic E-state index is 12.5. The van der Waals surface area contributed by atoms with Crippen molar-refractivity contribution >= 4 is 21.5 Å². The van der Waals surface area contributed by atoms with Gasteiger partial charge in [-0.3, -0.25) is 4.79 Å². The van der Waals surface area contributed by atoms with Crippen molar-refractivity contribution in [1.82, 2.24) is 4.72 Å². The van der Waals surface area contributed by atoms with Crippen LogP contribution in [0, 0.1) is 0 Å². The smallest absolute Gasteiger partial charge is 0.240 e. The monoisotopic (exact) mass is 372 g/mol. The van der Waals surface area contributed by atoms with Crippen molar-refractivity contribution in [3.63, 3.8) is 0 Å². The Morgan fingerprint density at radius 3 is 2.38 bits per heavy atom. The fourth-order valence-corrected chi connectivity index (χ4v) is 4.18. The van der Waals surface area contributed by atoms with E-state index >= 15 is 0 Å². The average molecular weight is 372 g/mol. The molecule has 6 heteroatoms. The van der Waals surface area contributed by atoms with Crippen molar-refractivity contribution in [2.24, 2.45) is 0 Å². The number of nitrogens with zero attached hydrogens (tertiary/aromatic N) is 1. The molecule has 1 fully saturated rings. The summed E-state index contributed by atoms with van der Waals surface area (Å²) in [6.07, 6.45) is 3.74. The number of sulfonamides is 1. The normalized spacial score (nSPS) is 15.0. The van der Waals surface area contributed by atoms with E-state index in [0.29, 0.717) is 5.56 Å². The Labute approximate surface area is 155 Å². The highest BCUT2D eigenvalue weighted by molar-refractivity contribution is 7.89. The third kappa shape index (κ3) is 4.51.